The maximum atomic E-state index is 12.3. The van der Waals surface area contributed by atoms with Gasteiger partial charge in [-0.15, -0.1) is 0 Å². The second-order valence-electron chi connectivity index (χ2n) is 4.24. The number of nitrogens with two attached hydrogens (primary N) is 1. The van der Waals surface area contributed by atoms with E-state index in [9.17, 15) is 4.79 Å². The molecule has 0 bridgehead atoms. The Morgan fingerprint density at radius 2 is 2.00 bits per heavy atom. The Balaban J connectivity index is 2.72. The quantitative estimate of drug-likeness (QED) is 0.668. The number of ether oxygens (including phenoxy) is 2. The third-order valence-corrected chi connectivity index (χ3v) is 2.83. The van der Waals surface area contributed by atoms with E-state index in [0.29, 0.717) is 37.7 Å². The number of carbonyl (C=O) groups is 1. The minimum atomic E-state index is -0.185. The van der Waals surface area contributed by atoms with Crippen molar-refractivity contribution in [3.63, 3.8) is 0 Å². The van der Waals surface area contributed by atoms with Crippen LogP contribution in [0.3, 0.4) is 0 Å². The molecule has 19 heavy (non-hydrogen) atoms. The molecule has 1 amide bonds. The summed E-state index contributed by atoms with van der Waals surface area (Å²) in [5.41, 5.74) is 7.20. The van der Waals surface area contributed by atoms with Gasteiger partial charge in [-0.1, -0.05) is 0 Å². The first kappa shape index (κ1) is 15.5. The lowest BCUT2D eigenvalue weighted by Gasteiger charge is -2.21. The standard InChI is InChI=1S/C12H22N4O3/c1-9-10(13)11(15-14-9)12(17)16(6-8-19-3)5-4-7-18-2/h4-8,13H2,1-3H3,(H,14,15). The predicted octanol–water partition coefficient (Wildman–Crippen LogP) is 0.425. The Hall–Kier alpha value is -1.60. The van der Waals surface area contributed by atoms with Crippen molar-refractivity contribution in [1.82, 2.24) is 15.1 Å². The summed E-state index contributed by atoms with van der Waals surface area (Å²) in [4.78, 5) is 14.0. The average Bonchev–Trinajstić information content (AvgIpc) is 2.73. The summed E-state index contributed by atoms with van der Waals surface area (Å²) in [5, 5.41) is 6.68. The number of aryl methyl sites for hydroxylation is 1. The zero-order chi connectivity index (χ0) is 14.3. The second-order valence-corrected chi connectivity index (χ2v) is 4.24. The largest absolute Gasteiger partial charge is 0.395 e. The van der Waals surface area contributed by atoms with Crippen LogP contribution in [0.5, 0.6) is 0 Å². The van der Waals surface area contributed by atoms with Gasteiger partial charge in [-0.05, 0) is 13.3 Å². The second kappa shape index (κ2) is 7.75. The number of rotatable bonds is 8. The third-order valence-electron chi connectivity index (χ3n) is 2.83. The first-order valence-electron chi connectivity index (χ1n) is 6.19. The first-order chi connectivity index (χ1) is 9.11. The number of anilines is 1. The third kappa shape index (κ3) is 4.22. The number of hydrogen-bond donors (Lipinski definition) is 2. The van der Waals surface area contributed by atoms with Crippen molar-refractivity contribution in [3.8, 4) is 0 Å². The van der Waals surface area contributed by atoms with E-state index in [-0.39, 0.29) is 11.6 Å². The highest BCUT2D eigenvalue weighted by Crippen LogP contribution is 2.15. The number of amides is 1. The Morgan fingerprint density at radius 1 is 1.32 bits per heavy atom. The summed E-state index contributed by atoms with van der Waals surface area (Å²) < 4.78 is 10.0. The van der Waals surface area contributed by atoms with Crippen LogP contribution >= 0.6 is 0 Å². The fraction of sp³-hybridized carbons (Fsp3) is 0.667. The van der Waals surface area contributed by atoms with Crippen molar-refractivity contribution in [1.29, 1.82) is 0 Å². The average molecular weight is 270 g/mol. The molecule has 0 aliphatic heterocycles. The maximum Gasteiger partial charge on any atom is 0.276 e. The van der Waals surface area contributed by atoms with Gasteiger partial charge < -0.3 is 20.1 Å². The molecule has 108 valence electrons. The summed E-state index contributed by atoms with van der Waals surface area (Å²) in [5.74, 6) is -0.185. The van der Waals surface area contributed by atoms with Crippen LogP contribution in [-0.4, -0.2) is 61.5 Å². The normalized spacial score (nSPS) is 10.7. The van der Waals surface area contributed by atoms with Crippen LogP contribution in [0.25, 0.3) is 0 Å². The molecule has 3 N–H and O–H groups in total. The predicted molar refractivity (Wildman–Crippen MR) is 72.0 cm³/mol. The molecule has 7 nitrogen and oxygen atoms in total. The van der Waals surface area contributed by atoms with E-state index < -0.39 is 0 Å². The van der Waals surface area contributed by atoms with Gasteiger partial charge in [-0.3, -0.25) is 9.89 Å². The van der Waals surface area contributed by atoms with Crippen LogP contribution in [0, 0.1) is 6.92 Å². The lowest BCUT2D eigenvalue weighted by molar-refractivity contribution is 0.0669. The number of hydrogen-bond acceptors (Lipinski definition) is 5. The molecule has 0 aliphatic rings. The first-order valence-corrected chi connectivity index (χ1v) is 6.19. The Kier molecular flexibility index (Phi) is 6.31. The molecule has 0 fully saturated rings. The molecule has 0 radical (unpaired) electrons. The summed E-state index contributed by atoms with van der Waals surface area (Å²) in [6.45, 7) is 3.95. The zero-order valence-electron chi connectivity index (χ0n) is 11.7. The van der Waals surface area contributed by atoms with Crippen molar-refractivity contribution in [3.05, 3.63) is 11.4 Å². The van der Waals surface area contributed by atoms with Gasteiger partial charge in [0.05, 0.1) is 18.0 Å². The fourth-order valence-electron chi connectivity index (χ4n) is 1.67. The summed E-state index contributed by atoms with van der Waals surface area (Å²) in [6.07, 6.45) is 0.759. The van der Waals surface area contributed by atoms with E-state index in [4.69, 9.17) is 15.2 Å². The van der Waals surface area contributed by atoms with Crippen LogP contribution in [0.4, 0.5) is 5.69 Å². The Bertz CT molecular complexity index is 406. The molecule has 1 aromatic rings. The maximum absolute atomic E-state index is 12.3. The van der Waals surface area contributed by atoms with Gasteiger partial charge in [-0.2, -0.15) is 5.10 Å². The van der Waals surface area contributed by atoms with E-state index in [1.54, 1.807) is 26.0 Å². The monoisotopic (exact) mass is 270 g/mol. The minimum absolute atomic E-state index is 0.185. The van der Waals surface area contributed by atoms with Crippen molar-refractivity contribution in [2.24, 2.45) is 0 Å². The van der Waals surface area contributed by atoms with Crippen molar-refractivity contribution < 1.29 is 14.3 Å². The zero-order valence-corrected chi connectivity index (χ0v) is 11.7. The smallest absolute Gasteiger partial charge is 0.276 e. The highest BCUT2D eigenvalue weighted by atomic mass is 16.5. The van der Waals surface area contributed by atoms with Gasteiger partial charge in [0.2, 0.25) is 0 Å². The van der Waals surface area contributed by atoms with Crippen LogP contribution in [0.1, 0.15) is 22.6 Å². The summed E-state index contributed by atoms with van der Waals surface area (Å²) in [7, 11) is 3.24. The molecule has 0 saturated carbocycles. The number of H-pyrrole nitrogens is 1. The summed E-state index contributed by atoms with van der Waals surface area (Å²) >= 11 is 0. The van der Waals surface area contributed by atoms with E-state index >= 15 is 0 Å². The molecule has 1 heterocycles. The Labute approximate surface area is 113 Å². The van der Waals surface area contributed by atoms with E-state index in [1.807, 2.05) is 0 Å². The van der Waals surface area contributed by atoms with Crippen LogP contribution in [0.2, 0.25) is 0 Å². The van der Waals surface area contributed by atoms with Crippen LogP contribution in [-0.2, 0) is 9.47 Å². The highest BCUT2D eigenvalue weighted by Gasteiger charge is 2.21. The molecule has 0 saturated heterocycles. The molecule has 0 aromatic carbocycles. The van der Waals surface area contributed by atoms with E-state index in [2.05, 4.69) is 10.2 Å². The number of methoxy groups -OCH3 is 2. The highest BCUT2D eigenvalue weighted by molar-refractivity contribution is 5.97. The van der Waals surface area contributed by atoms with Gasteiger partial charge in [0.25, 0.3) is 5.91 Å². The molecule has 0 unspecified atom stereocenters. The lowest BCUT2D eigenvalue weighted by atomic mass is 10.2. The number of aromatic amines is 1. The number of nitrogen functional groups attached to an aromatic ring is 1. The van der Waals surface area contributed by atoms with Crippen LogP contribution < -0.4 is 5.73 Å². The molecule has 0 atom stereocenters. The SMILES string of the molecule is COCCCN(CCOC)C(=O)c1n[nH]c(C)c1N. The summed E-state index contributed by atoms with van der Waals surface area (Å²) in [6, 6.07) is 0. The molecule has 7 heteroatoms. The lowest BCUT2D eigenvalue weighted by Crippen LogP contribution is -2.35. The van der Waals surface area contributed by atoms with Crippen molar-refractivity contribution in [2.75, 3.05) is 46.3 Å². The van der Waals surface area contributed by atoms with Crippen molar-refractivity contribution >= 4 is 11.6 Å². The molecular formula is C12H22N4O3. The van der Waals surface area contributed by atoms with E-state index in [0.717, 1.165) is 6.42 Å². The molecular weight excluding hydrogens is 248 g/mol. The number of nitrogens with zero attached hydrogens (tertiary/aromatic N) is 2. The fourth-order valence-corrected chi connectivity index (χ4v) is 1.67. The van der Waals surface area contributed by atoms with E-state index in [1.165, 1.54) is 0 Å². The van der Waals surface area contributed by atoms with Gasteiger partial charge in [0.1, 0.15) is 0 Å². The number of nitrogens with one attached hydrogen (secondary N) is 1. The number of aromatic nitrogens is 2. The van der Waals surface area contributed by atoms with Gasteiger partial charge in [0, 0.05) is 33.9 Å². The van der Waals surface area contributed by atoms with Crippen LogP contribution in [0.15, 0.2) is 0 Å². The molecule has 1 rings (SSSR count). The number of carbonyl (C=O) groups excluding carboxylic acids is 1. The molecule has 0 aliphatic carbocycles. The molecule has 0 spiro atoms. The topological polar surface area (TPSA) is 93.5 Å². The minimum Gasteiger partial charge on any atom is -0.395 e. The van der Waals surface area contributed by atoms with Gasteiger partial charge in [0.15, 0.2) is 5.69 Å². The Morgan fingerprint density at radius 3 is 2.53 bits per heavy atom. The molecule has 1 aromatic heterocycles. The van der Waals surface area contributed by atoms with Gasteiger partial charge in [-0.25, -0.2) is 0 Å². The van der Waals surface area contributed by atoms with Crippen molar-refractivity contribution in [2.45, 2.75) is 13.3 Å². The van der Waals surface area contributed by atoms with Gasteiger partial charge >= 0.3 is 0 Å².